The van der Waals surface area contributed by atoms with Crippen molar-refractivity contribution in [3.63, 3.8) is 0 Å². The minimum absolute atomic E-state index is 0.105. The van der Waals surface area contributed by atoms with E-state index in [9.17, 15) is 4.39 Å². The number of rotatable bonds is 5. The zero-order valence-corrected chi connectivity index (χ0v) is 7.63. The second-order valence-corrected chi connectivity index (χ2v) is 2.44. The van der Waals surface area contributed by atoms with Crippen LogP contribution in [0.5, 0.6) is 11.5 Å². The van der Waals surface area contributed by atoms with Crippen LogP contribution in [0.3, 0.4) is 0 Å². The van der Waals surface area contributed by atoms with Gasteiger partial charge in [-0.05, 0) is 31.2 Å². The summed E-state index contributed by atoms with van der Waals surface area (Å²) in [4.78, 5) is 0. The molecule has 2 nitrogen and oxygen atoms in total. The summed E-state index contributed by atoms with van der Waals surface area (Å²) in [6.45, 7) is 2.21. The first-order valence-corrected chi connectivity index (χ1v) is 4.28. The van der Waals surface area contributed by atoms with Crippen LogP contribution in [0.4, 0.5) is 4.39 Å². The summed E-state index contributed by atoms with van der Waals surface area (Å²) in [5, 5.41) is 0. The van der Waals surface area contributed by atoms with E-state index in [1.807, 2.05) is 6.92 Å². The Labute approximate surface area is 77.3 Å². The van der Waals surface area contributed by atoms with Crippen LogP contribution >= 0.6 is 0 Å². The molecule has 13 heavy (non-hydrogen) atoms. The van der Waals surface area contributed by atoms with Gasteiger partial charge in [-0.3, -0.25) is 0 Å². The fourth-order valence-electron chi connectivity index (χ4n) is 0.955. The molecule has 0 fully saturated rings. The molecule has 3 heteroatoms. The Balaban J connectivity index is 2.48. The highest BCUT2D eigenvalue weighted by Crippen LogP contribution is 2.17. The van der Waals surface area contributed by atoms with Crippen molar-refractivity contribution in [2.75, 3.05) is 19.9 Å². The van der Waals surface area contributed by atoms with E-state index in [0.29, 0.717) is 12.4 Å². The van der Waals surface area contributed by atoms with Gasteiger partial charge in [-0.15, -0.1) is 0 Å². The first-order chi connectivity index (χ1) is 6.36. The summed E-state index contributed by atoms with van der Waals surface area (Å²) in [5.41, 5.74) is 0. The van der Waals surface area contributed by atoms with Crippen molar-refractivity contribution in [3.05, 3.63) is 24.3 Å². The van der Waals surface area contributed by atoms with Crippen LogP contribution in [-0.4, -0.2) is 19.9 Å². The maximum absolute atomic E-state index is 11.7. The molecule has 1 aromatic carbocycles. The molecule has 0 bridgehead atoms. The average Bonchev–Trinajstić information content (AvgIpc) is 2.17. The summed E-state index contributed by atoms with van der Waals surface area (Å²) in [7, 11) is 0. The number of hydrogen-bond acceptors (Lipinski definition) is 2. The lowest BCUT2D eigenvalue weighted by Gasteiger charge is -2.05. The minimum atomic E-state index is -0.465. The van der Waals surface area contributed by atoms with Crippen molar-refractivity contribution < 1.29 is 13.9 Å². The number of ether oxygens (including phenoxy) is 2. The lowest BCUT2D eigenvalue weighted by molar-refractivity contribution is 0.272. The van der Waals surface area contributed by atoms with Crippen LogP contribution in [0, 0.1) is 0 Å². The molecule has 1 rings (SSSR count). The number of halogens is 1. The molecule has 0 unspecified atom stereocenters. The Hall–Kier alpha value is -1.25. The van der Waals surface area contributed by atoms with Crippen LogP contribution in [-0.2, 0) is 0 Å². The first-order valence-electron chi connectivity index (χ1n) is 4.28. The number of benzene rings is 1. The molecule has 0 radical (unpaired) electrons. The molecule has 0 N–H and O–H groups in total. The van der Waals surface area contributed by atoms with Gasteiger partial charge in [-0.25, -0.2) is 4.39 Å². The standard InChI is InChI=1S/C10H13FO2/c1-2-12-9-3-5-10(6-4-9)13-8-7-11/h3-6H,2,7-8H2,1H3. The molecule has 0 aliphatic rings. The average molecular weight is 184 g/mol. The molecular weight excluding hydrogens is 171 g/mol. The molecule has 0 aromatic heterocycles. The van der Waals surface area contributed by atoms with Crippen LogP contribution in [0.25, 0.3) is 0 Å². The van der Waals surface area contributed by atoms with Crippen molar-refractivity contribution >= 4 is 0 Å². The molecule has 72 valence electrons. The van der Waals surface area contributed by atoms with E-state index in [1.165, 1.54) is 0 Å². The third-order valence-corrected chi connectivity index (χ3v) is 1.48. The Bertz CT molecular complexity index is 233. The molecule has 0 saturated carbocycles. The normalized spacial score (nSPS) is 9.69. The third kappa shape index (κ3) is 3.32. The SMILES string of the molecule is CCOc1ccc(OCCF)cc1. The minimum Gasteiger partial charge on any atom is -0.494 e. The van der Waals surface area contributed by atoms with Gasteiger partial charge in [-0.1, -0.05) is 0 Å². The Morgan fingerprint density at radius 3 is 2.08 bits per heavy atom. The largest absolute Gasteiger partial charge is 0.494 e. The highest BCUT2D eigenvalue weighted by molar-refractivity contribution is 5.31. The smallest absolute Gasteiger partial charge is 0.123 e. The van der Waals surface area contributed by atoms with Gasteiger partial charge in [-0.2, -0.15) is 0 Å². The zero-order chi connectivity index (χ0) is 9.52. The van der Waals surface area contributed by atoms with E-state index in [-0.39, 0.29) is 6.61 Å². The number of alkyl halides is 1. The predicted molar refractivity (Wildman–Crippen MR) is 49.1 cm³/mol. The maximum atomic E-state index is 11.7. The highest BCUT2D eigenvalue weighted by Gasteiger charge is 1.94. The fourth-order valence-corrected chi connectivity index (χ4v) is 0.955. The van der Waals surface area contributed by atoms with E-state index < -0.39 is 6.67 Å². The van der Waals surface area contributed by atoms with Gasteiger partial charge in [0.15, 0.2) is 0 Å². The summed E-state index contributed by atoms with van der Waals surface area (Å²) >= 11 is 0. The molecule has 1 aromatic rings. The van der Waals surface area contributed by atoms with E-state index in [4.69, 9.17) is 9.47 Å². The van der Waals surface area contributed by atoms with Crippen LogP contribution in [0.1, 0.15) is 6.92 Å². The second-order valence-electron chi connectivity index (χ2n) is 2.44. The van der Waals surface area contributed by atoms with Gasteiger partial charge < -0.3 is 9.47 Å². The number of hydrogen-bond donors (Lipinski definition) is 0. The molecule has 0 aliphatic carbocycles. The van der Waals surface area contributed by atoms with Crippen molar-refractivity contribution in [1.29, 1.82) is 0 Å². The molecule has 0 aliphatic heterocycles. The monoisotopic (exact) mass is 184 g/mol. The van der Waals surface area contributed by atoms with E-state index >= 15 is 0 Å². The Morgan fingerprint density at radius 1 is 1.08 bits per heavy atom. The molecule has 0 amide bonds. The lowest BCUT2D eigenvalue weighted by atomic mass is 10.3. The summed E-state index contributed by atoms with van der Waals surface area (Å²) in [6.07, 6.45) is 0. The van der Waals surface area contributed by atoms with Crippen molar-refractivity contribution in [3.8, 4) is 11.5 Å². The molecule has 0 heterocycles. The van der Waals surface area contributed by atoms with E-state index in [0.717, 1.165) is 5.75 Å². The molecule has 0 saturated heterocycles. The van der Waals surface area contributed by atoms with Gasteiger partial charge in [0.05, 0.1) is 6.61 Å². The fraction of sp³-hybridized carbons (Fsp3) is 0.400. The third-order valence-electron chi connectivity index (χ3n) is 1.48. The van der Waals surface area contributed by atoms with Crippen LogP contribution < -0.4 is 9.47 Å². The summed E-state index contributed by atoms with van der Waals surface area (Å²) < 4.78 is 22.0. The highest BCUT2D eigenvalue weighted by atomic mass is 19.1. The van der Waals surface area contributed by atoms with E-state index in [1.54, 1.807) is 24.3 Å². The Morgan fingerprint density at radius 2 is 1.62 bits per heavy atom. The van der Waals surface area contributed by atoms with Gasteiger partial charge in [0.1, 0.15) is 24.8 Å². The van der Waals surface area contributed by atoms with Crippen LogP contribution in [0.15, 0.2) is 24.3 Å². The van der Waals surface area contributed by atoms with Crippen molar-refractivity contribution in [2.45, 2.75) is 6.92 Å². The lowest BCUT2D eigenvalue weighted by Crippen LogP contribution is -1.98. The van der Waals surface area contributed by atoms with Gasteiger partial charge in [0.2, 0.25) is 0 Å². The Kier molecular flexibility index (Phi) is 4.09. The first kappa shape index (κ1) is 9.84. The topological polar surface area (TPSA) is 18.5 Å². The second kappa shape index (κ2) is 5.41. The summed E-state index contributed by atoms with van der Waals surface area (Å²) in [5.74, 6) is 1.47. The van der Waals surface area contributed by atoms with Gasteiger partial charge in [0.25, 0.3) is 0 Å². The molecular formula is C10H13FO2. The maximum Gasteiger partial charge on any atom is 0.123 e. The van der Waals surface area contributed by atoms with E-state index in [2.05, 4.69) is 0 Å². The van der Waals surface area contributed by atoms with Gasteiger partial charge >= 0.3 is 0 Å². The molecule has 0 spiro atoms. The zero-order valence-electron chi connectivity index (χ0n) is 7.63. The summed E-state index contributed by atoms with van der Waals surface area (Å²) in [6, 6.07) is 7.13. The quantitative estimate of drug-likeness (QED) is 0.699. The van der Waals surface area contributed by atoms with Crippen LogP contribution in [0.2, 0.25) is 0 Å². The van der Waals surface area contributed by atoms with Gasteiger partial charge in [0, 0.05) is 0 Å². The van der Waals surface area contributed by atoms with Crippen molar-refractivity contribution in [1.82, 2.24) is 0 Å². The van der Waals surface area contributed by atoms with Crippen molar-refractivity contribution in [2.24, 2.45) is 0 Å². The molecule has 0 atom stereocenters. The predicted octanol–water partition coefficient (Wildman–Crippen LogP) is 2.43.